The van der Waals surface area contributed by atoms with Gasteiger partial charge in [0.05, 0.1) is 11.4 Å². The number of carbonyl (C=O) groups excluding carboxylic acids is 2. The van der Waals surface area contributed by atoms with E-state index in [1.165, 1.54) is 11.8 Å². The van der Waals surface area contributed by atoms with Crippen molar-refractivity contribution in [1.29, 1.82) is 0 Å². The number of nitrogens with one attached hydrogen (secondary N) is 1. The first-order chi connectivity index (χ1) is 11.6. The fourth-order valence-corrected chi connectivity index (χ4v) is 3.04. The third-order valence-electron chi connectivity index (χ3n) is 3.44. The predicted octanol–water partition coefficient (Wildman–Crippen LogP) is 2.00. The summed E-state index contributed by atoms with van der Waals surface area (Å²) in [5.74, 6) is 1.28. The zero-order valence-electron chi connectivity index (χ0n) is 13.1. The number of ketones is 1. The number of rotatable bonds is 6. The number of benzene rings is 1. The maximum atomic E-state index is 12.4. The van der Waals surface area contributed by atoms with Crippen LogP contribution in [0.1, 0.15) is 16.2 Å². The number of ether oxygens (including phenoxy) is 1. The van der Waals surface area contributed by atoms with Gasteiger partial charge in [0, 0.05) is 12.1 Å². The lowest BCUT2D eigenvalue weighted by Crippen LogP contribution is -2.38. The SMILES string of the molecule is C=CCN1C(=O)COc2ccc(C(=O)CSc3n[nH]c(C)n3)cc21. The van der Waals surface area contributed by atoms with Crippen molar-refractivity contribution in [3.8, 4) is 5.75 Å². The van der Waals surface area contributed by atoms with E-state index in [0.29, 0.717) is 34.5 Å². The van der Waals surface area contributed by atoms with Crippen molar-refractivity contribution in [3.05, 3.63) is 42.2 Å². The number of aromatic amines is 1. The zero-order chi connectivity index (χ0) is 17.1. The Kier molecular flexibility index (Phi) is 4.66. The number of aromatic nitrogens is 3. The number of H-pyrrole nitrogens is 1. The Hall–Kier alpha value is -2.61. The van der Waals surface area contributed by atoms with Gasteiger partial charge >= 0.3 is 0 Å². The first-order valence-electron chi connectivity index (χ1n) is 7.31. The van der Waals surface area contributed by atoms with Crippen LogP contribution in [-0.4, -0.2) is 45.8 Å². The Balaban J connectivity index is 1.78. The normalized spacial score (nSPS) is 13.4. The van der Waals surface area contributed by atoms with Crippen molar-refractivity contribution in [1.82, 2.24) is 15.2 Å². The molecule has 0 fully saturated rings. The number of nitrogens with zero attached hydrogens (tertiary/aromatic N) is 3. The number of hydrogen-bond donors (Lipinski definition) is 1. The largest absolute Gasteiger partial charge is 0.482 e. The van der Waals surface area contributed by atoms with Crippen molar-refractivity contribution in [2.24, 2.45) is 0 Å². The van der Waals surface area contributed by atoms with Crippen molar-refractivity contribution >= 4 is 29.1 Å². The molecule has 0 radical (unpaired) electrons. The lowest BCUT2D eigenvalue weighted by atomic mass is 10.1. The van der Waals surface area contributed by atoms with Gasteiger partial charge in [-0.15, -0.1) is 11.7 Å². The molecule has 1 aliphatic rings. The Morgan fingerprint density at radius 1 is 1.54 bits per heavy atom. The van der Waals surface area contributed by atoms with Crippen molar-refractivity contribution in [2.45, 2.75) is 12.1 Å². The van der Waals surface area contributed by atoms with E-state index in [1.807, 2.05) is 0 Å². The molecule has 0 bridgehead atoms. The summed E-state index contributed by atoms with van der Waals surface area (Å²) in [6.07, 6.45) is 1.64. The molecule has 7 nitrogen and oxygen atoms in total. The van der Waals surface area contributed by atoms with Gasteiger partial charge in [0.2, 0.25) is 5.16 Å². The summed E-state index contributed by atoms with van der Waals surface area (Å²) in [4.78, 5) is 30.1. The van der Waals surface area contributed by atoms with Gasteiger partial charge in [-0.3, -0.25) is 14.7 Å². The highest BCUT2D eigenvalue weighted by Gasteiger charge is 2.25. The summed E-state index contributed by atoms with van der Waals surface area (Å²) < 4.78 is 5.41. The Morgan fingerprint density at radius 3 is 3.08 bits per heavy atom. The van der Waals surface area contributed by atoms with E-state index in [-0.39, 0.29) is 24.1 Å². The summed E-state index contributed by atoms with van der Waals surface area (Å²) in [6, 6.07) is 5.10. The Morgan fingerprint density at radius 2 is 2.38 bits per heavy atom. The summed E-state index contributed by atoms with van der Waals surface area (Å²) in [6.45, 7) is 5.83. The van der Waals surface area contributed by atoms with E-state index >= 15 is 0 Å². The molecule has 24 heavy (non-hydrogen) atoms. The molecule has 0 unspecified atom stereocenters. The van der Waals surface area contributed by atoms with Crippen molar-refractivity contribution < 1.29 is 14.3 Å². The van der Waals surface area contributed by atoms with Crippen LogP contribution in [0.5, 0.6) is 5.75 Å². The first kappa shape index (κ1) is 16.3. The lowest BCUT2D eigenvalue weighted by Gasteiger charge is -2.28. The van der Waals surface area contributed by atoms with Gasteiger partial charge in [0.1, 0.15) is 11.6 Å². The van der Waals surface area contributed by atoms with Crippen LogP contribution in [0.4, 0.5) is 5.69 Å². The summed E-state index contributed by atoms with van der Waals surface area (Å²) in [5, 5.41) is 7.26. The molecule has 1 aliphatic heterocycles. The highest BCUT2D eigenvalue weighted by Crippen LogP contribution is 2.33. The molecule has 1 N–H and O–H groups in total. The number of thioether (sulfide) groups is 1. The number of fused-ring (bicyclic) bond motifs is 1. The van der Waals surface area contributed by atoms with Crippen molar-refractivity contribution in [2.75, 3.05) is 23.8 Å². The average molecular weight is 344 g/mol. The van der Waals surface area contributed by atoms with E-state index in [9.17, 15) is 9.59 Å². The van der Waals surface area contributed by atoms with Crippen LogP contribution in [0.15, 0.2) is 36.0 Å². The fourth-order valence-electron chi connectivity index (χ4n) is 2.30. The summed E-state index contributed by atoms with van der Waals surface area (Å²) in [7, 11) is 0. The van der Waals surface area contributed by atoms with Gasteiger partial charge < -0.3 is 9.64 Å². The van der Waals surface area contributed by atoms with Gasteiger partial charge in [-0.25, -0.2) is 4.98 Å². The first-order valence-corrected chi connectivity index (χ1v) is 8.30. The van der Waals surface area contributed by atoms with E-state index in [0.717, 1.165) is 0 Å². The average Bonchev–Trinajstić information content (AvgIpc) is 3.00. The zero-order valence-corrected chi connectivity index (χ0v) is 13.9. The van der Waals surface area contributed by atoms with Gasteiger partial charge in [0.15, 0.2) is 12.4 Å². The molecule has 124 valence electrons. The van der Waals surface area contributed by atoms with Gasteiger partial charge in [-0.2, -0.15) is 0 Å². The van der Waals surface area contributed by atoms with Gasteiger partial charge in [-0.1, -0.05) is 17.8 Å². The van der Waals surface area contributed by atoms with Crippen molar-refractivity contribution in [3.63, 3.8) is 0 Å². The van der Waals surface area contributed by atoms with Crippen LogP contribution in [0.25, 0.3) is 0 Å². The van der Waals surface area contributed by atoms with Crippen LogP contribution in [0.3, 0.4) is 0 Å². The molecule has 3 rings (SSSR count). The second-order valence-electron chi connectivity index (χ2n) is 5.18. The topological polar surface area (TPSA) is 88.2 Å². The molecule has 0 saturated carbocycles. The molecule has 1 amide bonds. The minimum Gasteiger partial charge on any atom is -0.482 e. The smallest absolute Gasteiger partial charge is 0.265 e. The van der Waals surface area contributed by atoms with Crippen LogP contribution in [-0.2, 0) is 4.79 Å². The van der Waals surface area contributed by atoms with Gasteiger partial charge in [0.25, 0.3) is 5.91 Å². The van der Waals surface area contributed by atoms with Crippen LogP contribution in [0, 0.1) is 6.92 Å². The minimum atomic E-state index is -0.155. The van der Waals surface area contributed by atoms with Crippen LogP contribution in [0.2, 0.25) is 0 Å². The Labute approximate surface area is 143 Å². The maximum absolute atomic E-state index is 12.4. The van der Waals surface area contributed by atoms with Gasteiger partial charge in [-0.05, 0) is 25.1 Å². The minimum absolute atomic E-state index is 0.00579. The van der Waals surface area contributed by atoms with E-state index < -0.39 is 0 Å². The highest BCUT2D eigenvalue weighted by atomic mass is 32.2. The van der Waals surface area contributed by atoms with E-state index in [2.05, 4.69) is 21.8 Å². The Bertz CT molecular complexity index is 802. The third-order valence-corrected chi connectivity index (χ3v) is 4.29. The second kappa shape index (κ2) is 6.88. The molecular formula is C16H16N4O3S. The van der Waals surface area contributed by atoms with Crippen LogP contribution >= 0.6 is 11.8 Å². The second-order valence-corrected chi connectivity index (χ2v) is 6.12. The monoisotopic (exact) mass is 344 g/mol. The highest BCUT2D eigenvalue weighted by molar-refractivity contribution is 7.99. The standard InChI is InChI=1S/C16H16N4O3S/c1-3-6-20-12-7-11(4-5-14(12)23-8-15(20)22)13(21)9-24-16-17-10(2)18-19-16/h3-5,7H,1,6,8-9H2,2H3,(H,17,18,19). The molecule has 0 atom stereocenters. The number of amides is 1. The fraction of sp³-hybridized carbons (Fsp3) is 0.250. The molecule has 0 aliphatic carbocycles. The molecule has 2 aromatic rings. The van der Waals surface area contributed by atoms with E-state index in [1.54, 1.807) is 36.1 Å². The molecule has 2 heterocycles. The summed E-state index contributed by atoms with van der Waals surface area (Å²) in [5.41, 5.74) is 1.11. The number of anilines is 1. The van der Waals surface area contributed by atoms with Crippen LogP contribution < -0.4 is 9.64 Å². The molecular weight excluding hydrogens is 328 g/mol. The lowest BCUT2D eigenvalue weighted by molar-refractivity contribution is -0.121. The third kappa shape index (κ3) is 3.33. The number of hydrogen-bond acceptors (Lipinski definition) is 6. The molecule has 1 aromatic carbocycles. The van der Waals surface area contributed by atoms with E-state index in [4.69, 9.17) is 4.74 Å². The molecule has 0 saturated heterocycles. The number of carbonyl (C=O) groups is 2. The molecule has 0 spiro atoms. The number of aryl methyl sites for hydroxylation is 1. The molecule has 8 heteroatoms. The summed E-state index contributed by atoms with van der Waals surface area (Å²) >= 11 is 1.26. The molecule has 1 aromatic heterocycles. The number of Topliss-reactive ketones (excluding diaryl/α,β-unsaturated/α-hetero) is 1. The maximum Gasteiger partial charge on any atom is 0.265 e. The predicted molar refractivity (Wildman–Crippen MR) is 90.7 cm³/mol. The quantitative estimate of drug-likeness (QED) is 0.490.